The molecule has 0 aliphatic carbocycles. The van der Waals surface area contributed by atoms with Crippen LogP contribution in [0.25, 0.3) is 0 Å². The third-order valence-electron chi connectivity index (χ3n) is 2.01. The summed E-state index contributed by atoms with van der Waals surface area (Å²) in [4.78, 5) is 0. The predicted molar refractivity (Wildman–Crippen MR) is 71.7 cm³/mol. The van der Waals surface area contributed by atoms with Gasteiger partial charge in [-0.3, -0.25) is 0 Å². The SMILES string of the molecule is CC1COS(=O)(=O)O1.O=S1(=O)OCCCO1.O=S1(=O)OCCO1. The zero-order valence-corrected chi connectivity index (χ0v) is 14.4. The van der Waals surface area contributed by atoms with E-state index in [1.54, 1.807) is 6.92 Å². The van der Waals surface area contributed by atoms with Crippen LogP contribution in [-0.2, 0) is 56.3 Å². The fourth-order valence-corrected chi connectivity index (χ4v) is 3.35. The lowest BCUT2D eigenvalue weighted by Gasteiger charge is -2.09. The minimum atomic E-state index is -3.60. The van der Waals surface area contributed by atoms with Gasteiger partial charge >= 0.3 is 31.2 Å². The maximum absolute atomic E-state index is 10.2. The molecule has 0 saturated carbocycles. The van der Waals surface area contributed by atoms with Crippen molar-refractivity contribution in [2.75, 3.05) is 33.0 Å². The lowest BCUT2D eigenvalue weighted by atomic mass is 10.5. The van der Waals surface area contributed by atoms with Crippen LogP contribution in [0.2, 0.25) is 0 Å². The average molecular weight is 400 g/mol. The standard InChI is InChI=1S/2C3H6O4S.C2H4O4S/c1-3-2-6-8(4,5)7-3;4-8(5)6-2-1-3-7-8;3-7(4)5-1-2-6-7/h3H,2H2,1H3;1-3H2;1-2H2. The molecule has 0 aromatic carbocycles. The van der Waals surface area contributed by atoms with Crippen molar-refractivity contribution in [1.82, 2.24) is 0 Å². The van der Waals surface area contributed by atoms with Crippen molar-refractivity contribution in [3.8, 4) is 0 Å². The first-order valence-electron chi connectivity index (χ1n) is 6.16. The Morgan fingerprint density at radius 3 is 1.22 bits per heavy atom. The van der Waals surface area contributed by atoms with Gasteiger partial charge in [-0.1, -0.05) is 0 Å². The largest absolute Gasteiger partial charge is 0.400 e. The maximum Gasteiger partial charge on any atom is 0.400 e. The Hall–Kier alpha value is -0.390. The van der Waals surface area contributed by atoms with Crippen LogP contribution in [0.5, 0.6) is 0 Å². The van der Waals surface area contributed by atoms with Gasteiger partial charge in [0.05, 0.1) is 33.0 Å². The summed E-state index contributed by atoms with van der Waals surface area (Å²) in [6.07, 6.45) is 0.333. The first-order chi connectivity index (χ1) is 10.5. The normalized spacial score (nSPS) is 30.4. The monoisotopic (exact) mass is 400 g/mol. The Kier molecular flexibility index (Phi) is 7.75. The van der Waals surface area contributed by atoms with E-state index in [0.717, 1.165) is 0 Å². The molecule has 23 heavy (non-hydrogen) atoms. The van der Waals surface area contributed by atoms with Gasteiger partial charge in [0, 0.05) is 0 Å². The molecule has 3 saturated heterocycles. The summed E-state index contributed by atoms with van der Waals surface area (Å²) in [5.41, 5.74) is 0. The molecule has 0 aromatic heterocycles. The Bertz CT molecular complexity index is 616. The zero-order valence-electron chi connectivity index (χ0n) is 11.9. The van der Waals surface area contributed by atoms with Crippen molar-refractivity contribution in [2.24, 2.45) is 0 Å². The molecule has 3 fully saturated rings. The Morgan fingerprint density at radius 2 is 1.09 bits per heavy atom. The van der Waals surface area contributed by atoms with Crippen LogP contribution in [-0.4, -0.2) is 64.4 Å². The van der Waals surface area contributed by atoms with Crippen LogP contribution in [0.15, 0.2) is 0 Å². The second kappa shape index (κ2) is 8.63. The molecule has 3 aliphatic rings. The van der Waals surface area contributed by atoms with Crippen LogP contribution in [0.1, 0.15) is 13.3 Å². The van der Waals surface area contributed by atoms with E-state index in [4.69, 9.17) is 0 Å². The molecule has 0 amide bonds. The number of hydrogen-bond donors (Lipinski definition) is 0. The Labute approximate surface area is 134 Å². The van der Waals surface area contributed by atoms with Gasteiger partial charge in [-0.2, -0.15) is 25.3 Å². The van der Waals surface area contributed by atoms with Crippen LogP contribution in [0.4, 0.5) is 0 Å². The summed E-state index contributed by atoms with van der Waals surface area (Å²) in [5, 5.41) is 0. The van der Waals surface area contributed by atoms with E-state index < -0.39 is 31.2 Å². The second-order valence-corrected chi connectivity index (χ2v) is 7.88. The minimum absolute atomic E-state index is 0.141. The fourth-order valence-electron chi connectivity index (χ4n) is 1.16. The summed E-state index contributed by atoms with van der Waals surface area (Å²) in [6, 6.07) is 0. The topological polar surface area (TPSA) is 158 Å². The molecule has 0 N–H and O–H groups in total. The Morgan fingerprint density at radius 1 is 0.652 bits per heavy atom. The molecular formula is C8H16O12S3. The van der Waals surface area contributed by atoms with Crippen molar-refractivity contribution in [3.05, 3.63) is 0 Å². The van der Waals surface area contributed by atoms with Crippen molar-refractivity contribution in [2.45, 2.75) is 19.4 Å². The van der Waals surface area contributed by atoms with Crippen LogP contribution < -0.4 is 0 Å². The highest BCUT2D eigenvalue weighted by Crippen LogP contribution is 2.10. The van der Waals surface area contributed by atoms with Gasteiger partial charge in [-0.15, -0.1) is 0 Å². The Balaban J connectivity index is 0.000000173. The number of hydrogen-bond acceptors (Lipinski definition) is 12. The molecule has 15 heteroatoms. The van der Waals surface area contributed by atoms with Crippen molar-refractivity contribution in [1.29, 1.82) is 0 Å². The van der Waals surface area contributed by atoms with Crippen LogP contribution >= 0.6 is 0 Å². The van der Waals surface area contributed by atoms with Crippen LogP contribution in [0, 0.1) is 0 Å². The molecule has 3 heterocycles. The molecule has 3 aliphatic heterocycles. The maximum atomic E-state index is 10.2. The zero-order chi connectivity index (χ0) is 17.6. The van der Waals surface area contributed by atoms with Gasteiger partial charge in [0.1, 0.15) is 6.10 Å². The van der Waals surface area contributed by atoms with E-state index in [-0.39, 0.29) is 39.1 Å². The third-order valence-corrected chi connectivity index (χ3v) is 4.82. The molecule has 3 rings (SSSR count). The smallest absolute Gasteiger partial charge is 0.248 e. The molecule has 1 unspecified atom stereocenters. The lowest BCUT2D eigenvalue weighted by molar-refractivity contribution is 0.157. The summed E-state index contributed by atoms with van der Waals surface area (Å²) >= 11 is 0. The summed E-state index contributed by atoms with van der Waals surface area (Å²) in [5.74, 6) is 0. The molecule has 138 valence electrons. The minimum Gasteiger partial charge on any atom is -0.248 e. The second-order valence-electron chi connectivity index (χ2n) is 4.06. The van der Waals surface area contributed by atoms with E-state index in [9.17, 15) is 25.3 Å². The lowest BCUT2D eigenvalue weighted by Crippen LogP contribution is -2.18. The fraction of sp³-hybridized carbons (Fsp3) is 1.00. The van der Waals surface area contributed by atoms with Crippen molar-refractivity contribution >= 4 is 31.2 Å². The van der Waals surface area contributed by atoms with E-state index in [1.807, 2.05) is 0 Å². The molecule has 0 aromatic rings. The highest BCUT2D eigenvalue weighted by Gasteiger charge is 2.25. The quantitative estimate of drug-likeness (QED) is 0.469. The van der Waals surface area contributed by atoms with Gasteiger partial charge in [0.2, 0.25) is 0 Å². The summed E-state index contributed by atoms with van der Waals surface area (Å²) in [7, 11) is -10.7. The summed E-state index contributed by atoms with van der Waals surface area (Å²) in [6.45, 7) is 2.59. The molecule has 0 spiro atoms. The number of rotatable bonds is 0. The van der Waals surface area contributed by atoms with Gasteiger partial charge in [-0.05, 0) is 13.3 Å². The van der Waals surface area contributed by atoms with Crippen molar-refractivity contribution in [3.63, 3.8) is 0 Å². The van der Waals surface area contributed by atoms with Gasteiger partial charge < -0.3 is 0 Å². The van der Waals surface area contributed by atoms with E-state index in [0.29, 0.717) is 6.42 Å². The highest BCUT2D eigenvalue weighted by atomic mass is 32.3. The molecule has 0 bridgehead atoms. The molecular weight excluding hydrogens is 384 g/mol. The van der Waals surface area contributed by atoms with E-state index in [2.05, 4.69) is 25.1 Å². The molecule has 1 atom stereocenters. The van der Waals surface area contributed by atoms with Gasteiger partial charge in [0.25, 0.3) is 0 Å². The van der Waals surface area contributed by atoms with Gasteiger partial charge in [-0.25, -0.2) is 25.1 Å². The molecule has 0 radical (unpaired) electrons. The van der Waals surface area contributed by atoms with Gasteiger partial charge in [0.15, 0.2) is 0 Å². The van der Waals surface area contributed by atoms with E-state index in [1.165, 1.54) is 0 Å². The summed E-state index contributed by atoms with van der Waals surface area (Å²) < 4.78 is 85.9. The third kappa shape index (κ3) is 9.48. The predicted octanol–water partition coefficient (Wildman–Crippen LogP) is -1.39. The molecule has 12 nitrogen and oxygen atoms in total. The van der Waals surface area contributed by atoms with Crippen LogP contribution in [0.3, 0.4) is 0 Å². The average Bonchev–Trinajstić information content (AvgIpc) is 2.95. The first kappa shape index (κ1) is 20.7. The highest BCUT2D eigenvalue weighted by molar-refractivity contribution is 7.82. The first-order valence-corrected chi connectivity index (χ1v) is 10.2. The van der Waals surface area contributed by atoms with Crippen molar-refractivity contribution < 1.29 is 50.4 Å². The van der Waals surface area contributed by atoms with E-state index >= 15 is 0 Å².